The van der Waals surface area contributed by atoms with Crippen LogP contribution in [0.4, 0.5) is 0 Å². The molecule has 1 aliphatic heterocycles. The van der Waals surface area contributed by atoms with Gasteiger partial charge in [-0.25, -0.2) is 13.4 Å². The van der Waals surface area contributed by atoms with Crippen molar-refractivity contribution in [3.63, 3.8) is 0 Å². The molecule has 1 unspecified atom stereocenters. The Morgan fingerprint density at radius 3 is 3.00 bits per heavy atom. The van der Waals surface area contributed by atoms with Crippen LogP contribution in [0.25, 0.3) is 0 Å². The van der Waals surface area contributed by atoms with E-state index in [-0.39, 0.29) is 10.9 Å². The quantitative estimate of drug-likeness (QED) is 0.318. The molecule has 0 radical (unpaired) electrons. The lowest BCUT2D eigenvalue weighted by Crippen LogP contribution is -2.50. The number of aromatic nitrogens is 2. The van der Waals surface area contributed by atoms with E-state index in [0.29, 0.717) is 25.2 Å². The molecule has 2 heterocycles. The minimum Gasteiger partial charge on any atom is -0.409 e. The lowest BCUT2D eigenvalue weighted by Gasteiger charge is -2.33. The zero-order valence-electron chi connectivity index (χ0n) is 11.3. The van der Waals surface area contributed by atoms with Gasteiger partial charge in [-0.1, -0.05) is 18.5 Å². The largest absolute Gasteiger partial charge is 0.409 e. The number of nitrogens with two attached hydrogens (primary N) is 1. The van der Waals surface area contributed by atoms with Crippen LogP contribution in [0.5, 0.6) is 0 Å². The second-order valence-electron chi connectivity index (χ2n) is 4.70. The van der Waals surface area contributed by atoms with Crippen LogP contribution in [0, 0.1) is 0 Å². The average Bonchev–Trinajstić information content (AvgIpc) is 2.96. The van der Waals surface area contributed by atoms with Gasteiger partial charge in [0.25, 0.3) is 10.0 Å². The third-order valence-corrected chi connectivity index (χ3v) is 5.26. The van der Waals surface area contributed by atoms with Gasteiger partial charge >= 0.3 is 0 Å². The standard InChI is InChI=1S/C11H19N5O3S/c1-2-9-13-7-10(14-9)20(18,19)16-6-4-3-5-8(16)11(12)15-17/h7-8,17H,2-6H2,1H3,(H2,12,15)(H,13,14). The molecule has 0 saturated carbocycles. The van der Waals surface area contributed by atoms with E-state index in [9.17, 15) is 8.42 Å². The van der Waals surface area contributed by atoms with Crippen molar-refractivity contribution in [1.82, 2.24) is 14.3 Å². The number of amidine groups is 1. The van der Waals surface area contributed by atoms with Crippen LogP contribution in [0.2, 0.25) is 0 Å². The molecule has 2 rings (SSSR count). The number of H-pyrrole nitrogens is 1. The van der Waals surface area contributed by atoms with Crippen LogP contribution >= 0.6 is 0 Å². The predicted molar refractivity (Wildman–Crippen MR) is 72.9 cm³/mol. The van der Waals surface area contributed by atoms with Gasteiger partial charge in [0.05, 0.1) is 12.2 Å². The summed E-state index contributed by atoms with van der Waals surface area (Å²) in [5, 5.41) is 11.8. The van der Waals surface area contributed by atoms with Crippen molar-refractivity contribution in [1.29, 1.82) is 0 Å². The van der Waals surface area contributed by atoms with E-state index in [2.05, 4.69) is 15.1 Å². The first-order valence-electron chi connectivity index (χ1n) is 6.53. The Kier molecular flexibility index (Phi) is 4.29. The van der Waals surface area contributed by atoms with Gasteiger partial charge < -0.3 is 15.9 Å². The van der Waals surface area contributed by atoms with Gasteiger partial charge in [0, 0.05) is 13.0 Å². The molecule has 1 aromatic rings. The number of rotatable bonds is 4. The minimum absolute atomic E-state index is 0.0481. The van der Waals surface area contributed by atoms with Crippen LogP contribution < -0.4 is 5.73 Å². The number of aryl methyl sites for hydroxylation is 1. The number of nitrogens with zero attached hydrogens (tertiary/aromatic N) is 3. The summed E-state index contributed by atoms with van der Waals surface area (Å²) < 4.78 is 26.5. The molecule has 0 spiro atoms. The highest BCUT2D eigenvalue weighted by atomic mass is 32.2. The second kappa shape index (κ2) is 5.80. The summed E-state index contributed by atoms with van der Waals surface area (Å²) in [6.45, 7) is 2.24. The van der Waals surface area contributed by atoms with Crippen molar-refractivity contribution >= 4 is 15.9 Å². The number of aromatic amines is 1. The second-order valence-corrected chi connectivity index (χ2v) is 6.56. The van der Waals surface area contributed by atoms with Gasteiger partial charge in [0.2, 0.25) is 0 Å². The van der Waals surface area contributed by atoms with Crippen molar-refractivity contribution in [2.75, 3.05) is 6.54 Å². The zero-order valence-corrected chi connectivity index (χ0v) is 12.1. The van der Waals surface area contributed by atoms with Crippen molar-refractivity contribution in [2.24, 2.45) is 10.9 Å². The summed E-state index contributed by atoms with van der Waals surface area (Å²) in [5.41, 5.74) is 5.61. The van der Waals surface area contributed by atoms with Crippen molar-refractivity contribution in [2.45, 2.75) is 43.7 Å². The Hall–Kier alpha value is -1.61. The predicted octanol–water partition coefficient (Wildman–Crippen LogP) is 0.262. The zero-order chi connectivity index (χ0) is 14.8. The molecular formula is C11H19N5O3S. The molecule has 9 heteroatoms. The molecule has 0 aliphatic carbocycles. The summed E-state index contributed by atoms with van der Waals surface area (Å²) in [4.78, 5) is 6.81. The molecule has 0 bridgehead atoms. The summed E-state index contributed by atoms with van der Waals surface area (Å²) in [6, 6.07) is -0.605. The molecule has 20 heavy (non-hydrogen) atoms. The van der Waals surface area contributed by atoms with E-state index in [1.165, 1.54) is 10.5 Å². The maximum atomic E-state index is 12.6. The third kappa shape index (κ3) is 2.63. The molecule has 1 saturated heterocycles. The fourth-order valence-corrected chi connectivity index (χ4v) is 3.94. The third-order valence-electron chi connectivity index (χ3n) is 3.44. The lowest BCUT2D eigenvalue weighted by atomic mass is 10.0. The number of hydrogen-bond donors (Lipinski definition) is 3. The first-order chi connectivity index (χ1) is 9.50. The van der Waals surface area contributed by atoms with E-state index in [4.69, 9.17) is 10.9 Å². The fraction of sp³-hybridized carbons (Fsp3) is 0.636. The molecule has 1 aliphatic rings. The Bertz CT molecular complexity index is 595. The molecule has 8 nitrogen and oxygen atoms in total. The molecule has 0 aromatic carbocycles. The monoisotopic (exact) mass is 301 g/mol. The Morgan fingerprint density at radius 2 is 2.40 bits per heavy atom. The van der Waals surface area contributed by atoms with Gasteiger partial charge in [0.15, 0.2) is 10.9 Å². The molecule has 112 valence electrons. The number of piperidine rings is 1. The fourth-order valence-electron chi connectivity index (χ4n) is 2.34. The molecule has 1 atom stereocenters. The minimum atomic E-state index is -3.71. The normalized spacial score (nSPS) is 22.1. The summed E-state index contributed by atoms with van der Waals surface area (Å²) in [6.07, 6.45) is 4.08. The highest BCUT2D eigenvalue weighted by Gasteiger charge is 2.36. The highest BCUT2D eigenvalue weighted by Crippen LogP contribution is 2.24. The van der Waals surface area contributed by atoms with Crippen molar-refractivity contribution < 1.29 is 13.6 Å². The van der Waals surface area contributed by atoms with Crippen LogP contribution in [-0.4, -0.2) is 46.3 Å². The molecule has 0 amide bonds. The molecule has 4 N–H and O–H groups in total. The number of sulfonamides is 1. The molecular weight excluding hydrogens is 282 g/mol. The molecule has 1 aromatic heterocycles. The van der Waals surface area contributed by atoms with E-state index in [0.717, 1.165) is 12.8 Å². The van der Waals surface area contributed by atoms with Gasteiger partial charge in [-0.3, -0.25) is 0 Å². The van der Waals surface area contributed by atoms with Gasteiger partial charge in [0.1, 0.15) is 5.82 Å². The van der Waals surface area contributed by atoms with E-state index >= 15 is 0 Å². The maximum absolute atomic E-state index is 12.6. The van der Waals surface area contributed by atoms with E-state index < -0.39 is 16.1 Å². The maximum Gasteiger partial charge on any atom is 0.260 e. The lowest BCUT2D eigenvalue weighted by molar-refractivity contribution is 0.280. The Balaban J connectivity index is 2.35. The topological polar surface area (TPSA) is 125 Å². The first-order valence-corrected chi connectivity index (χ1v) is 7.97. The summed E-state index contributed by atoms with van der Waals surface area (Å²) in [7, 11) is -3.71. The van der Waals surface area contributed by atoms with Gasteiger partial charge in [-0.15, -0.1) is 0 Å². The smallest absolute Gasteiger partial charge is 0.260 e. The van der Waals surface area contributed by atoms with E-state index in [1.807, 2.05) is 6.92 Å². The van der Waals surface area contributed by atoms with Crippen molar-refractivity contribution in [3.05, 3.63) is 12.0 Å². The number of nitrogens with one attached hydrogen (secondary N) is 1. The average molecular weight is 301 g/mol. The van der Waals surface area contributed by atoms with Crippen LogP contribution in [0.1, 0.15) is 32.0 Å². The Labute approximate surface area is 117 Å². The highest BCUT2D eigenvalue weighted by molar-refractivity contribution is 7.89. The summed E-state index contributed by atoms with van der Waals surface area (Å²) in [5.74, 6) is 0.532. The first kappa shape index (κ1) is 14.8. The summed E-state index contributed by atoms with van der Waals surface area (Å²) >= 11 is 0. The molecule has 1 fully saturated rings. The number of oxime groups is 1. The number of imidazole rings is 1. The number of hydrogen-bond acceptors (Lipinski definition) is 5. The van der Waals surface area contributed by atoms with Crippen LogP contribution in [-0.2, 0) is 16.4 Å². The van der Waals surface area contributed by atoms with Gasteiger partial charge in [-0.05, 0) is 12.8 Å². The SMILES string of the molecule is CCc1ncc(S(=O)(=O)N2CCCCC2C(N)=NO)[nH]1. The van der Waals surface area contributed by atoms with Crippen LogP contribution in [0.15, 0.2) is 16.4 Å². The van der Waals surface area contributed by atoms with Gasteiger partial charge in [-0.2, -0.15) is 4.31 Å². The van der Waals surface area contributed by atoms with Crippen molar-refractivity contribution in [3.8, 4) is 0 Å². The van der Waals surface area contributed by atoms with E-state index in [1.54, 1.807) is 0 Å². The van der Waals surface area contributed by atoms with Crippen LogP contribution in [0.3, 0.4) is 0 Å². The Morgan fingerprint density at radius 1 is 1.65 bits per heavy atom.